The van der Waals surface area contributed by atoms with Crippen molar-refractivity contribution in [1.29, 1.82) is 0 Å². The molecule has 2 aliphatic heterocycles. The highest BCUT2D eigenvalue weighted by molar-refractivity contribution is 7.89. The topological polar surface area (TPSA) is 88.1 Å². The fourth-order valence-electron chi connectivity index (χ4n) is 2.55. The number of β-amino-alcohol motifs (C(OH)–C–C–N with tert-alkyl or cyclic N) is 1. The Balaban J connectivity index is 1.90. The maximum Gasteiger partial charge on any atom is 0.243 e. The van der Waals surface area contributed by atoms with E-state index >= 15 is 0 Å². The molecule has 1 aromatic rings. The van der Waals surface area contributed by atoms with Gasteiger partial charge in [0.2, 0.25) is 10.0 Å². The third-order valence-corrected chi connectivity index (χ3v) is 5.69. The summed E-state index contributed by atoms with van der Waals surface area (Å²) in [6, 6.07) is 4.09. The molecule has 8 heteroatoms. The zero-order chi connectivity index (χ0) is 15.0. The van der Waals surface area contributed by atoms with Crippen molar-refractivity contribution in [2.75, 3.05) is 33.4 Å². The first-order chi connectivity index (χ1) is 10.00. The highest BCUT2D eigenvalue weighted by Crippen LogP contribution is 2.33. The van der Waals surface area contributed by atoms with Crippen LogP contribution in [-0.4, -0.2) is 63.3 Å². The van der Waals surface area contributed by atoms with Crippen LogP contribution in [0.2, 0.25) is 0 Å². The van der Waals surface area contributed by atoms with Crippen LogP contribution in [0.1, 0.15) is 0 Å². The van der Waals surface area contributed by atoms with Gasteiger partial charge in [0, 0.05) is 26.2 Å². The summed E-state index contributed by atoms with van der Waals surface area (Å²) >= 11 is 0. The number of aliphatic hydroxyl groups excluding tert-OH is 1. The number of sulfonamides is 1. The highest BCUT2D eigenvalue weighted by Gasteiger charge is 2.36. The number of likely N-dealkylation sites (N-methyl/N-ethyl adjacent to an activating group) is 1. The summed E-state index contributed by atoms with van der Waals surface area (Å²) in [5.74, 6) is 0.978. The van der Waals surface area contributed by atoms with E-state index in [0.717, 1.165) is 0 Å². The second-order valence-corrected chi connectivity index (χ2v) is 7.12. The summed E-state index contributed by atoms with van der Waals surface area (Å²) in [7, 11) is -2.21. The van der Waals surface area contributed by atoms with E-state index in [1.807, 2.05) is 0 Å². The molecule has 21 heavy (non-hydrogen) atoms. The quantitative estimate of drug-likeness (QED) is 0.775. The lowest BCUT2D eigenvalue weighted by Gasteiger charge is -2.26. The maximum absolute atomic E-state index is 12.6. The third kappa shape index (κ3) is 2.59. The highest BCUT2D eigenvalue weighted by atomic mass is 32.2. The van der Waals surface area contributed by atoms with E-state index in [4.69, 9.17) is 9.47 Å². The number of aliphatic hydroxyl groups is 1. The fourth-order valence-corrected chi connectivity index (χ4v) is 3.95. The molecule has 1 fully saturated rings. The fraction of sp³-hybridized carbons (Fsp3) is 0.538. The van der Waals surface area contributed by atoms with E-state index in [-0.39, 0.29) is 4.90 Å². The van der Waals surface area contributed by atoms with Gasteiger partial charge in [-0.05, 0) is 12.1 Å². The zero-order valence-corrected chi connectivity index (χ0v) is 12.5. The standard InChI is InChI=1S/C13H18N2O5S/c1-15(10-7-14-8-11(10)16)21(17,18)9-2-3-12-13(6-9)20-5-4-19-12/h2-3,6,10-11,14,16H,4-5,7-8H2,1H3/t10-,11-/m0/s1. The van der Waals surface area contributed by atoms with E-state index in [9.17, 15) is 13.5 Å². The Labute approximate surface area is 123 Å². The summed E-state index contributed by atoms with van der Waals surface area (Å²) in [5, 5.41) is 12.8. The minimum absolute atomic E-state index is 0.133. The van der Waals surface area contributed by atoms with Crippen molar-refractivity contribution in [3.63, 3.8) is 0 Å². The van der Waals surface area contributed by atoms with Gasteiger partial charge in [-0.15, -0.1) is 0 Å². The van der Waals surface area contributed by atoms with Crippen molar-refractivity contribution in [3.8, 4) is 11.5 Å². The van der Waals surface area contributed by atoms with Gasteiger partial charge in [0.05, 0.1) is 17.0 Å². The molecule has 2 aliphatic rings. The predicted octanol–water partition coefficient (Wildman–Crippen LogP) is -0.589. The molecule has 3 rings (SSSR count). The first-order valence-electron chi connectivity index (χ1n) is 6.76. The molecule has 0 aliphatic carbocycles. The van der Waals surface area contributed by atoms with E-state index in [0.29, 0.717) is 37.8 Å². The molecule has 1 aromatic carbocycles. The molecule has 0 aromatic heterocycles. The first kappa shape index (κ1) is 14.6. The molecule has 0 saturated carbocycles. The first-order valence-corrected chi connectivity index (χ1v) is 8.20. The lowest BCUT2D eigenvalue weighted by atomic mass is 10.2. The molecule has 7 nitrogen and oxygen atoms in total. The van der Waals surface area contributed by atoms with Gasteiger partial charge in [-0.2, -0.15) is 4.31 Å². The molecule has 2 heterocycles. The number of fused-ring (bicyclic) bond motifs is 1. The number of hydrogen-bond donors (Lipinski definition) is 2. The minimum atomic E-state index is -3.69. The van der Waals surface area contributed by atoms with E-state index in [1.54, 1.807) is 6.07 Å². The number of nitrogens with one attached hydrogen (secondary N) is 1. The number of benzene rings is 1. The van der Waals surface area contributed by atoms with Crippen molar-refractivity contribution >= 4 is 10.0 Å². The van der Waals surface area contributed by atoms with Crippen LogP contribution in [0.15, 0.2) is 23.1 Å². The van der Waals surface area contributed by atoms with Crippen molar-refractivity contribution in [3.05, 3.63) is 18.2 Å². The van der Waals surface area contributed by atoms with Crippen LogP contribution in [0, 0.1) is 0 Å². The molecule has 0 unspecified atom stereocenters. The van der Waals surface area contributed by atoms with Crippen LogP contribution in [-0.2, 0) is 10.0 Å². The Kier molecular flexibility index (Phi) is 3.78. The molecule has 1 saturated heterocycles. The van der Waals surface area contributed by atoms with Crippen LogP contribution < -0.4 is 14.8 Å². The minimum Gasteiger partial charge on any atom is -0.486 e. The Morgan fingerprint density at radius 2 is 1.95 bits per heavy atom. The van der Waals surface area contributed by atoms with Gasteiger partial charge < -0.3 is 19.9 Å². The summed E-state index contributed by atoms with van der Waals surface area (Å²) in [6.45, 7) is 1.68. The van der Waals surface area contributed by atoms with Crippen molar-refractivity contribution in [1.82, 2.24) is 9.62 Å². The van der Waals surface area contributed by atoms with Crippen LogP contribution >= 0.6 is 0 Å². The molecule has 0 amide bonds. The molecular weight excluding hydrogens is 296 g/mol. The zero-order valence-electron chi connectivity index (χ0n) is 11.7. The van der Waals surface area contributed by atoms with Gasteiger partial charge >= 0.3 is 0 Å². The predicted molar refractivity (Wildman–Crippen MR) is 75.0 cm³/mol. The lowest BCUT2D eigenvalue weighted by molar-refractivity contribution is 0.136. The Morgan fingerprint density at radius 3 is 2.62 bits per heavy atom. The van der Waals surface area contributed by atoms with E-state index in [2.05, 4.69) is 5.32 Å². The van der Waals surface area contributed by atoms with E-state index in [1.165, 1.54) is 23.5 Å². The number of nitrogens with zero attached hydrogens (tertiary/aromatic N) is 1. The molecule has 0 radical (unpaired) electrons. The maximum atomic E-state index is 12.6. The van der Waals surface area contributed by atoms with Gasteiger partial charge in [-0.3, -0.25) is 0 Å². The van der Waals surface area contributed by atoms with Gasteiger partial charge in [0.15, 0.2) is 11.5 Å². The van der Waals surface area contributed by atoms with Crippen molar-refractivity contribution in [2.24, 2.45) is 0 Å². The second kappa shape index (κ2) is 5.45. The molecule has 2 atom stereocenters. The lowest BCUT2D eigenvalue weighted by Crippen LogP contribution is -2.44. The average molecular weight is 314 g/mol. The molecule has 2 N–H and O–H groups in total. The summed E-state index contributed by atoms with van der Waals surface area (Å²) in [6.07, 6.45) is -0.706. The molecular formula is C13H18N2O5S. The van der Waals surface area contributed by atoms with Gasteiger partial charge in [0.25, 0.3) is 0 Å². The Hall–Kier alpha value is -1.35. The van der Waals surface area contributed by atoms with E-state index < -0.39 is 22.2 Å². The van der Waals surface area contributed by atoms with Crippen LogP contribution in [0.3, 0.4) is 0 Å². The average Bonchev–Trinajstić information content (AvgIpc) is 2.92. The number of ether oxygens (including phenoxy) is 2. The second-order valence-electron chi connectivity index (χ2n) is 5.12. The SMILES string of the molecule is CN([C@H]1CNC[C@@H]1O)S(=O)(=O)c1ccc2c(c1)OCCO2. The van der Waals surface area contributed by atoms with Crippen LogP contribution in [0.4, 0.5) is 0 Å². The van der Waals surface area contributed by atoms with Crippen LogP contribution in [0.25, 0.3) is 0 Å². The summed E-state index contributed by atoms with van der Waals surface area (Å²) in [4.78, 5) is 0.133. The normalized spacial score (nSPS) is 25.3. The summed E-state index contributed by atoms with van der Waals surface area (Å²) < 4.78 is 37.3. The van der Waals surface area contributed by atoms with Crippen molar-refractivity contribution < 1.29 is 23.0 Å². The van der Waals surface area contributed by atoms with Gasteiger partial charge in [-0.1, -0.05) is 0 Å². The Bertz CT molecular complexity index is 633. The monoisotopic (exact) mass is 314 g/mol. The van der Waals surface area contributed by atoms with Crippen molar-refractivity contribution in [2.45, 2.75) is 17.0 Å². The van der Waals surface area contributed by atoms with Crippen LogP contribution in [0.5, 0.6) is 11.5 Å². The largest absolute Gasteiger partial charge is 0.486 e. The molecule has 0 bridgehead atoms. The number of rotatable bonds is 3. The third-order valence-electron chi connectivity index (χ3n) is 3.81. The van der Waals surface area contributed by atoms with Gasteiger partial charge in [-0.25, -0.2) is 8.42 Å². The van der Waals surface area contributed by atoms with Gasteiger partial charge in [0.1, 0.15) is 13.2 Å². The Morgan fingerprint density at radius 1 is 1.24 bits per heavy atom. The summed E-state index contributed by atoms with van der Waals surface area (Å²) in [5.41, 5.74) is 0. The molecule has 116 valence electrons. The number of hydrogen-bond acceptors (Lipinski definition) is 6. The smallest absolute Gasteiger partial charge is 0.243 e. The molecule has 0 spiro atoms.